The van der Waals surface area contributed by atoms with Gasteiger partial charge in [0, 0.05) is 21.8 Å². The molecule has 0 aromatic heterocycles. The summed E-state index contributed by atoms with van der Waals surface area (Å²) in [6.45, 7) is 0. The van der Waals surface area contributed by atoms with Crippen molar-refractivity contribution in [1.29, 1.82) is 5.26 Å². The van der Waals surface area contributed by atoms with Crippen LogP contribution in [0.3, 0.4) is 0 Å². The van der Waals surface area contributed by atoms with E-state index in [4.69, 9.17) is 27.9 Å². The number of ether oxygens (including phenoxy) is 1. The number of nitriles is 1. The zero-order valence-electron chi connectivity index (χ0n) is 13.7. The van der Waals surface area contributed by atoms with Crippen molar-refractivity contribution >= 4 is 46.6 Å². The maximum absolute atomic E-state index is 12.3. The van der Waals surface area contributed by atoms with Gasteiger partial charge in [-0.25, -0.2) is 0 Å². The van der Waals surface area contributed by atoms with Crippen LogP contribution in [-0.4, -0.2) is 23.0 Å². The second-order valence-electron chi connectivity index (χ2n) is 5.13. The predicted octanol–water partition coefficient (Wildman–Crippen LogP) is 4.16. The number of methoxy groups -OCH3 is 1. The van der Waals surface area contributed by atoms with Gasteiger partial charge in [-0.3, -0.25) is 14.9 Å². The molecule has 0 saturated heterocycles. The van der Waals surface area contributed by atoms with E-state index >= 15 is 0 Å². The second kappa shape index (κ2) is 8.40. The van der Waals surface area contributed by atoms with E-state index in [1.165, 1.54) is 31.4 Å². The van der Waals surface area contributed by atoms with Crippen LogP contribution in [0.25, 0.3) is 6.08 Å². The highest BCUT2D eigenvalue weighted by atomic mass is 35.5. The first kappa shape index (κ1) is 20.0. The third-order valence-electron chi connectivity index (χ3n) is 3.29. The summed E-state index contributed by atoms with van der Waals surface area (Å²) in [7, 11) is 1.22. The summed E-state index contributed by atoms with van der Waals surface area (Å²) in [5, 5.41) is 33.1. The average molecular weight is 408 g/mol. The number of nitro groups is 1. The molecule has 27 heavy (non-hydrogen) atoms. The Labute approximate surface area is 163 Å². The van der Waals surface area contributed by atoms with E-state index in [1.54, 1.807) is 6.07 Å². The van der Waals surface area contributed by atoms with Crippen molar-refractivity contribution in [2.75, 3.05) is 12.4 Å². The highest BCUT2D eigenvalue weighted by Crippen LogP contribution is 2.37. The van der Waals surface area contributed by atoms with E-state index in [-0.39, 0.29) is 22.6 Å². The molecule has 10 heteroatoms. The summed E-state index contributed by atoms with van der Waals surface area (Å²) < 4.78 is 4.88. The molecule has 138 valence electrons. The summed E-state index contributed by atoms with van der Waals surface area (Å²) in [4.78, 5) is 22.5. The Morgan fingerprint density at radius 2 is 1.93 bits per heavy atom. The summed E-state index contributed by atoms with van der Waals surface area (Å²) >= 11 is 11.7. The van der Waals surface area contributed by atoms with Crippen LogP contribution in [0.1, 0.15) is 5.56 Å². The number of carbonyl (C=O) groups excluding carboxylic acids is 1. The molecule has 0 radical (unpaired) electrons. The van der Waals surface area contributed by atoms with E-state index in [2.05, 4.69) is 5.32 Å². The Hall–Kier alpha value is -3.28. The lowest BCUT2D eigenvalue weighted by Gasteiger charge is -2.07. The summed E-state index contributed by atoms with van der Waals surface area (Å²) in [5.74, 6) is -1.60. The largest absolute Gasteiger partial charge is 0.500 e. The highest BCUT2D eigenvalue weighted by molar-refractivity contribution is 6.35. The van der Waals surface area contributed by atoms with E-state index in [9.17, 15) is 25.3 Å². The third-order valence-corrected chi connectivity index (χ3v) is 3.73. The Morgan fingerprint density at radius 1 is 1.30 bits per heavy atom. The number of anilines is 1. The number of phenols is 1. The SMILES string of the molecule is COc1cc(/C=C(\C#N)C(=O)Nc2cc(Cl)cc(Cl)c2)cc([N+](=O)[O-])c1O. The molecular formula is C17H11Cl2N3O5. The van der Waals surface area contributed by atoms with Crippen LogP contribution in [0.5, 0.6) is 11.5 Å². The second-order valence-corrected chi connectivity index (χ2v) is 6.00. The zero-order chi connectivity index (χ0) is 20.1. The molecule has 0 bridgehead atoms. The Balaban J connectivity index is 2.40. The summed E-state index contributed by atoms with van der Waals surface area (Å²) in [6, 6.07) is 8.33. The predicted molar refractivity (Wildman–Crippen MR) is 100.0 cm³/mol. The molecule has 0 aliphatic carbocycles. The van der Waals surface area contributed by atoms with E-state index in [0.717, 1.165) is 12.1 Å². The van der Waals surface area contributed by atoms with E-state index in [0.29, 0.717) is 10.0 Å². The van der Waals surface area contributed by atoms with Crippen LogP contribution in [0.2, 0.25) is 10.0 Å². The molecule has 2 aromatic carbocycles. The van der Waals surface area contributed by atoms with Gasteiger partial charge < -0.3 is 15.2 Å². The minimum absolute atomic E-state index is 0.118. The number of rotatable bonds is 5. The van der Waals surface area contributed by atoms with Gasteiger partial charge in [-0.2, -0.15) is 5.26 Å². The minimum atomic E-state index is -0.810. The molecule has 0 saturated carbocycles. The summed E-state index contributed by atoms with van der Waals surface area (Å²) in [5.41, 5.74) is -0.576. The molecule has 1 amide bonds. The first-order valence-corrected chi connectivity index (χ1v) is 7.95. The molecular weight excluding hydrogens is 397 g/mol. The topological polar surface area (TPSA) is 125 Å². The molecule has 0 spiro atoms. The maximum Gasteiger partial charge on any atom is 0.315 e. The van der Waals surface area contributed by atoms with Crippen molar-refractivity contribution in [2.24, 2.45) is 0 Å². The van der Waals surface area contributed by atoms with Crippen LogP contribution in [0.15, 0.2) is 35.9 Å². The van der Waals surface area contributed by atoms with E-state index in [1.807, 2.05) is 0 Å². The van der Waals surface area contributed by atoms with Crippen LogP contribution in [0, 0.1) is 21.4 Å². The highest BCUT2D eigenvalue weighted by Gasteiger charge is 2.20. The van der Waals surface area contributed by atoms with Gasteiger partial charge in [-0.05, 0) is 35.9 Å². The number of phenolic OH excluding ortho intramolecular Hbond substituents is 1. The van der Waals surface area contributed by atoms with Gasteiger partial charge in [0.25, 0.3) is 5.91 Å². The fraction of sp³-hybridized carbons (Fsp3) is 0.0588. The number of nitro benzene ring substituents is 1. The maximum atomic E-state index is 12.3. The molecule has 0 atom stereocenters. The fourth-order valence-corrected chi connectivity index (χ4v) is 2.66. The standard InChI is InChI=1S/C17H11Cl2N3O5/c1-27-15-4-9(3-14(16(15)23)22(25)26)2-10(8-20)17(24)21-13-6-11(18)5-12(19)7-13/h2-7,23H,1H3,(H,21,24)/b10-2+. The first-order chi connectivity index (χ1) is 12.7. The first-order valence-electron chi connectivity index (χ1n) is 7.19. The number of benzene rings is 2. The van der Waals surface area contributed by atoms with Gasteiger partial charge in [0.15, 0.2) is 5.75 Å². The van der Waals surface area contributed by atoms with Crippen LogP contribution < -0.4 is 10.1 Å². The molecule has 0 heterocycles. The van der Waals surface area contributed by atoms with Gasteiger partial charge in [0.05, 0.1) is 12.0 Å². The lowest BCUT2D eigenvalue weighted by atomic mass is 10.1. The molecule has 2 N–H and O–H groups in total. The lowest BCUT2D eigenvalue weighted by Crippen LogP contribution is -2.13. The number of halogens is 2. The number of aromatic hydroxyl groups is 1. The van der Waals surface area contributed by atoms with Gasteiger partial charge >= 0.3 is 5.69 Å². The van der Waals surface area contributed by atoms with E-state index < -0.39 is 22.3 Å². The van der Waals surface area contributed by atoms with Crippen molar-refractivity contribution in [3.63, 3.8) is 0 Å². The smallest absolute Gasteiger partial charge is 0.315 e. The summed E-state index contributed by atoms with van der Waals surface area (Å²) in [6.07, 6.45) is 1.12. The number of nitrogens with zero attached hydrogens (tertiary/aromatic N) is 2. The molecule has 0 fully saturated rings. The molecule has 2 rings (SSSR count). The number of nitrogens with one attached hydrogen (secondary N) is 1. The van der Waals surface area contributed by atoms with Gasteiger partial charge in [-0.1, -0.05) is 23.2 Å². The van der Waals surface area contributed by atoms with Crippen molar-refractivity contribution in [3.8, 4) is 17.6 Å². The van der Waals surface area contributed by atoms with Gasteiger partial charge in [0.1, 0.15) is 11.6 Å². The van der Waals surface area contributed by atoms with Crippen LogP contribution >= 0.6 is 23.2 Å². The van der Waals surface area contributed by atoms with Gasteiger partial charge in [0.2, 0.25) is 5.75 Å². The molecule has 0 aliphatic rings. The molecule has 0 aliphatic heterocycles. The van der Waals surface area contributed by atoms with Crippen LogP contribution in [-0.2, 0) is 4.79 Å². The van der Waals surface area contributed by atoms with Gasteiger partial charge in [-0.15, -0.1) is 0 Å². The fourth-order valence-electron chi connectivity index (χ4n) is 2.13. The lowest BCUT2D eigenvalue weighted by molar-refractivity contribution is -0.386. The van der Waals surface area contributed by atoms with Crippen molar-refractivity contribution in [3.05, 3.63) is 61.6 Å². The Morgan fingerprint density at radius 3 is 2.44 bits per heavy atom. The Kier molecular flexibility index (Phi) is 6.23. The molecule has 0 unspecified atom stereocenters. The number of hydrogen-bond donors (Lipinski definition) is 2. The van der Waals surface area contributed by atoms with Crippen molar-refractivity contribution in [2.45, 2.75) is 0 Å². The minimum Gasteiger partial charge on any atom is -0.500 e. The molecule has 2 aromatic rings. The van der Waals surface area contributed by atoms with Crippen molar-refractivity contribution in [1.82, 2.24) is 0 Å². The number of hydrogen-bond acceptors (Lipinski definition) is 6. The third kappa shape index (κ3) is 4.88. The van der Waals surface area contributed by atoms with Crippen molar-refractivity contribution < 1.29 is 19.6 Å². The molecule has 8 nitrogen and oxygen atoms in total. The average Bonchev–Trinajstić information content (AvgIpc) is 2.59. The van der Waals surface area contributed by atoms with Crippen LogP contribution in [0.4, 0.5) is 11.4 Å². The quantitative estimate of drug-likeness (QED) is 0.331. The Bertz CT molecular complexity index is 979. The number of carbonyl (C=O) groups is 1. The number of amides is 1. The zero-order valence-corrected chi connectivity index (χ0v) is 15.2. The monoisotopic (exact) mass is 407 g/mol. The normalized spacial score (nSPS) is 10.8.